The van der Waals surface area contributed by atoms with E-state index in [0.29, 0.717) is 11.3 Å². The van der Waals surface area contributed by atoms with E-state index in [2.05, 4.69) is 27.3 Å². The zero-order valence-corrected chi connectivity index (χ0v) is 14.0. The monoisotopic (exact) mass is 422 g/mol. The number of nitrogens with one attached hydrogen (secondary N) is 1. The molecule has 0 aliphatic rings. The van der Waals surface area contributed by atoms with Gasteiger partial charge in [0.05, 0.1) is 5.02 Å². The maximum atomic E-state index is 12.4. The lowest BCUT2D eigenvalue weighted by Gasteiger charge is -2.11. The molecule has 0 atom stereocenters. The number of rotatable bonds is 4. The van der Waals surface area contributed by atoms with Gasteiger partial charge in [-0.05, 0) is 58.5 Å². The molecule has 0 aromatic heterocycles. The highest BCUT2D eigenvalue weighted by molar-refractivity contribution is 14.1. The molecule has 0 fully saturated rings. The largest absolute Gasteiger partial charge is 0.326 e. The van der Waals surface area contributed by atoms with Crippen molar-refractivity contribution >= 4 is 49.9 Å². The van der Waals surface area contributed by atoms with Crippen molar-refractivity contribution in [1.29, 1.82) is 0 Å². The quantitative estimate of drug-likeness (QED) is 0.743. The molecular formula is C13H12ClIN2O2S. The average Bonchev–Trinajstić information content (AvgIpc) is 2.38. The van der Waals surface area contributed by atoms with Crippen molar-refractivity contribution in [2.75, 3.05) is 4.72 Å². The molecule has 0 heterocycles. The molecule has 2 rings (SSSR count). The fourth-order valence-electron chi connectivity index (χ4n) is 1.64. The molecule has 0 radical (unpaired) electrons. The van der Waals surface area contributed by atoms with Crippen molar-refractivity contribution in [2.24, 2.45) is 5.73 Å². The lowest BCUT2D eigenvalue weighted by Crippen LogP contribution is -2.14. The molecule has 0 aliphatic carbocycles. The van der Waals surface area contributed by atoms with Crippen molar-refractivity contribution in [2.45, 2.75) is 11.4 Å². The Kier molecular flexibility index (Phi) is 4.90. The second-order valence-electron chi connectivity index (χ2n) is 4.08. The van der Waals surface area contributed by atoms with E-state index >= 15 is 0 Å². The fraction of sp³-hybridized carbons (Fsp3) is 0.0769. The van der Waals surface area contributed by atoms with Crippen LogP contribution in [0.25, 0.3) is 0 Å². The molecule has 106 valence electrons. The minimum Gasteiger partial charge on any atom is -0.326 e. The van der Waals surface area contributed by atoms with Gasteiger partial charge in [0.1, 0.15) is 4.90 Å². The van der Waals surface area contributed by atoms with Crippen LogP contribution in [0.4, 0.5) is 5.69 Å². The van der Waals surface area contributed by atoms with Crippen LogP contribution in [0.5, 0.6) is 0 Å². The van der Waals surface area contributed by atoms with Crippen molar-refractivity contribution < 1.29 is 8.42 Å². The third kappa shape index (κ3) is 3.63. The average molecular weight is 423 g/mol. The van der Waals surface area contributed by atoms with Gasteiger partial charge in [-0.15, -0.1) is 0 Å². The van der Waals surface area contributed by atoms with E-state index in [4.69, 9.17) is 17.3 Å². The number of nitrogens with two attached hydrogens (primary N) is 1. The molecule has 4 nitrogen and oxygen atoms in total. The lowest BCUT2D eigenvalue weighted by molar-refractivity contribution is 0.601. The third-order valence-electron chi connectivity index (χ3n) is 2.60. The summed E-state index contributed by atoms with van der Waals surface area (Å²) in [5, 5.41) is 0.167. The van der Waals surface area contributed by atoms with Gasteiger partial charge in [-0.1, -0.05) is 23.7 Å². The van der Waals surface area contributed by atoms with E-state index in [-0.39, 0.29) is 16.5 Å². The van der Waals surface area contributed by atoms with Crippen molar-refractivity contribution in [3.05, 3.63) is 56.6 Å². The highest BCUT2D eigenvalue weighted by atomic mass is 127. The van der Waals surface area contributed by atoms with Crippen LogP contribution in [-0.2, 0) is 16.6 Å². The number of sulfonamides is 1. The summed E-state index contributed by atoms with van der Waals surface area (Å²) >= 11 is 8.09. The lowest BCUT2D eigenvalue weighted by atomic mass is 10.2. The van der Waals surface area contributed by atoms with E-state index in [1.165, 1.54) is 12.1 Å². The molecule has 0 saturated carbocycles. The summed E-state index contributed by atoms with van der Waals surface area (Å²) in [6.07, 6.45) is 0. The van der Waals surface area contributed by atoms with Gasteiger partial charge >= 0.3 is 0 Å². The smallest absolute Gasteiger partial charge is 0.263 e. The number of anilines is 1. The molecule has 20 heavy (non-hydrogen) atoms. The van der Waals surface area contributed by atoms with E-state index in [9.17, 15) is 8.42 Å². The highest BCUT2D eigenvalue weighted by Gasteiger charge is 2.18. The van der Waals surface area contributed by atoms with Gasteiger partial charge in [-0.25, -0.2) is 8.42 Å². The van der Waals surface area contributed by atoms with Crippen LogP contribution in [0.3, 0.4) is 0 Å². The molecule has 0 unspecified atom stereocenters. The first-order chi connectivity index (χ1) is 9.42. The Morgan fingerprint density at radius 3 is 2.60 bits per heavy atom. The van der Waals surface area contributed by atoms with Gasteiger partial charge < -0.3 is 5.73 Å². The van der Waals surface area contributed by atoms with Gasteiger partial charge in [0.15, 0.2) is 0 Å². The second kappa shape index (κ2) is 6.30. The fourth-order valence-corrected chi connectivity index (χ4v) is 3.79. The van der Waals surface area contributed by atoms with E-state index in [1.807, 2.05) is 6.07 Å². The van der Waals surface area contributed by atoms with Crippen molar-refractivity contribution in [3.63, 3.8) is 0 Å². The third-order valence-corrected chi connectivity index (χ3v) is 5.13. The van der Waals surface area contributed by atoms with Gasteiger partial charge in [0.25, 0.3) is 10.0 Å². The summed E-state index contributed by atoms with van der Waals surface area (Å²) in [5.74, 6) is 0. The Bertz CT molecular complexity index is 735. The SMILES string of the molecule is NCc1ccc(Cl)c(S(=O)(=O)Nc2cccc(I)c2)c1. The molecule has 2 aromatic carbocycles. The Balaban J connectivity index is 2.40. The summed E-state index contributed by atoms with van der Waals surface area (Å²) in [6.45, 7) is 0.253. The summed E-state index contributed by atoms with van der Waals surface area (Å²) in [6, 6.07) is 11.8. The Labute approximate surface area is 136 Å². The summed E-state index contributed by atoms with van der Waals surface area (Å²) in [4.78, 5) is 0.0287. The standard InChI is InChI=1S/C13H12ClIN2O2S/c14-12-5-4-9(8-16)6-13(12)20(18,19)17-11-3-1-2-10(15)7-11/h1-7,17H,8,16H2. The second-order valence-corrected chi connectivity index (χ2v) is 7.39. The summed E-state index contributed by atoms with van der Waals surface area (Å²) in [7, 11) is -3.73. The van der Waals surface area contributed by atoms with Crippen LogP contribution < -0.4 is 10.5 Å². The number of hydrogen-bond acceptors (Lipinski definition) is 3. The Morgan fingerprint density at radius 2 is 1.95 bits per heavy atom. The van der Waals surface area contributed by atoms with E-state index < -0.39 is 10.0 Å². The van der Waals surface area contributed by atoms with Crippen LogP contribution in [0.15, 0.2) is 47.4 Å². The summed E-state index contributed by atoms with van der Waals surface area (Å²) < 4.78 is 28.2. The Hall–Kier alpha value is -0.830. The van der Waals surface area contributed by atoms with Crippen molar-refractivity contribution in [1.82, 2.24) is 0 Å². The topological polar surface area (TPSA) is 72.2 Å². The van der Waals surface area contributed by atoms with Crippen LogP contribution in [0, 0.1) is 3.57 Å². The van der Waals surface area contributed by atoms with E-state index in [0.717, 1.165) is 3.57 Å². The number of hydrogen-bond donors (Lipinski definition) is 2. The summed E-state index contributed by atoms with van der Waals surface area (Å²) in [5.41, 5.74) is 6.72. The van der Waals surface area contributed by atoms with Gasteiger partial charge in [0, 0.05) is 15.8 Å². The van der Waals surface area contributed by atoms with Gasteiger partial charge in [-0.2, -0.15) is 0 Å². The minimum absolute atomic E-state index is 0.0287. The molecular weight excluding hydrogens is 411 g/mol. The van der Waals surface area contributed by atoms with Gasteiger partial charge in [-0.3, -0.25) is 4.72 Å². The van der Waals surface area contributed by atoms with E-state index in [1.54, 1.807) is 24.3 Å². The number of halogens is 2. The maximum absolute atomic E-state index is 12.4. The molecule has 2 aromatic rings. The van der Waals surface area contributed by atoms with Crippen LogP contribution >= 0.6 is 34.2 Å². The zero-order chi connectivity index (χ0) is 14.8. The first-order valence-electron chi connectivity index (χ1n) is 5.69. The highest BCUT2D eigenvalue weighted by Crippen LogP contribution is 2.25. The molecule has 0 amide bonds. The van der Waals surface area contributed by atoms with Crippen LogP contribution in [0.1, 0.15) is 5.56 Å². The zero-order valence-electron chi connectivity index (χ0n) is 10.3. The predicted octanol–water partition coefficient (Wildman–Crippen LogP) is 3.20. The Morgan fingerprint density at radius 1 is 1.20 bits per heavy atom. The normalized spacial score (nSPS) is 11.3. The molecule has 7 heteroatoms. The maximum Gasteiger partial charge on any atom is 0.263 e. The minimum atomic E-state index is -3.73. The first-order valence-corrected chi connectivity index (χ1v) is 8.63. The molecule has 0 aliphatic heterocycles. The first kappa shape index (κ1) is 15.6. The number of benzene rings is 2. The van der Waals surface area contributed by atoms with Crippen molar-refractivity contribution in [3.8, 4) is 0 Å². The van der Waals surface area contributed by atoms with Crippen LogP contribution in [0.2, 0.25) is 5.02 Å². The predicted molar refractivity (Wildman–Crippen MR) is 89.3 cm³/mol. The molecule has 0 spiro atoms. The van der Waals surface area contributed by atoms with Crippen LogP contribution in [-0.4, -0.2) is 8.42 Å². The molecule has 3 N–H and O–H groups in total. The molecule has 0 bridgehead atoms. The van der Waals surface area contributed by atoms with Gasteiger partial charge in [0.2, 0.25) is 0 Å². The molecule has 0 saturated heterocycles.